The number of ether oxygens (including phenoxy) is 1. The number of rotatable bonds is 5. The molecule has 2 nitrogen and oxygen atoms in total. The van der Waals surface area contributed by atoms with Crippen LogP contribution in [0.4, 0.5) is 4.39 Å². The van der Waals surface area contributed by atoms with Crippen LogP contribution in [0.2, 0.25) is 0 Å². The molecule has 0 fully saturated rings. The van der Waals surface area contributed by atoms with Crippen LogP contribution in [0.5, 0.6) is 5.75 Å². The van der Waals surface area contributed by atoms with Gasteiger partial charge >= 0.3 is 0 Å². The predicted octanol–water partition coefficient (Wildman–Crippen LogP) is 3.24. The van der Waals surface area contributed by atoms with Crippen LogP contribution in [0.3, 0.4) is 0 Å². The number of benzene rings is 1. The van der Waals surface area contributed by atoms with Crippen LogP contribution in [-0.4, -0.2) is 13.7 Å². The van der Waals surface area contributed by atoms with Crippen molar-refractivity contribution in [1.82, 2.24) is 5.32 Å². The third-order valence-electron chi connectivity index (χ3n) is 1.87. The highest BCUT2D eigenvalue weighted by atomic mass is 35.5. The Morgan fingerprint density at radius 3 is 2.94 bits per heavy atom. The largest absolute Gasteiger partial charge is 0.488 e. The first-order valence-corrected chi connectivity index (χ1v) is 5.49. The van der Waals surface area contributed by atoms with E-state index in [2.05, 4.69) is 5.32 Å². The second kappa shape index (κ2) is 6.74. The molecule has 0 aliphatic carbocycles. The Kier molecular flexibility index (Phi) is 5.60. The number of hydrogen-bond acceptors (Lipinski definition) is 2. The lowest BCUT2D eigenvalue weighted by Crippen LogP contribution is -2.08. The molecule has 0 aromatic heterocycles. The van der Waals surface area contributed by atoms with Crippen molar-refractivity contribution in [2.75, 3.05) is 13.7 Å². The van der Waals surface area contributed by atoms with Crippen LogP contribution >= 0.6 is 23.2 Å². The summed E-state index contributed by atoms with van der Waals surface area (Å²) in [5.74, 6) is 0.295. The minimum Gasteiger partial charge on any atom is -0.488 e. The standard InChI is InChI=1S/C11H12Cl2FNO/c1-15-6-8-4-10(14)2-3-11(8)16-7-9(13)5-12/h2-5,15H,6-7H2,1H3/b9-5-. The molecule has 1 aromatic rings. The normalized spacial score (nSPS) is 11.6. The Morgan fingerprint density at radius 2 is 2.31 bits per heavy atom. The van der Waals surface area contributed by atoms with Crippen molar-refractivity contribution in [2.24, 2.45) is 0 Å². The monoisotopic (exact) mass is 263 g/mol. The number of hydrogen-bond donors (Lipinski definition) is 1. The molecule has 1 N–H and O–H groups in total. The van der Waals surface area contributed by atoms with Crippen LogP contribution < -0.4 is 10.1 Å². The number of nitrogens with one attached hydrogen (secondary N) is 1. The first kappa shape index (κ1) is 13.3. The molecular weight excluding hydrogens is 252 g/mol. The van der Waals surface area contributed by atoms with Gasteiger partial charge in [0.05, 0.1) is 5.03 Å². The van der Waals surface area contributed by atoms with E-state index < -0.39 is 0 Å². The Balaban J connectivity index is 2.77. The maximum Gasteiger partial charge on any atom is 0.125 e. The fourth-order valence-electron chi connectivity index (χ4n) is 1.20. The molecule has 0 radical (unpaired) electrons. The second-order valence-electron chi connectivity index (χ2n) is 3.13. The summed E-state index contributed by atoms with van der Waals surface area (Å²) in [7, 11) is 1.78. The summed E-state index contributed by atoms with van der Waals surface area (Å²) in [6.07, 6.45) is 0. The SMILES string of the molecule is CNCc1cc(F)ccc1OC/C(Cl)=C/Cl. The highest BCUT2D eigenvalue weighted by molar-refractivity contribution is 6.36. The summed E-state index contributed by atoms with van der Waals surface area (Å²) < 4.78 is 18.4. The van der Waals surface area contributed by atoms with Gasteiger partial charge < -0.3 is 10.1 Å². The molecule has 88 valence electrons. The van der Waals surface area contributed by atoms with E-state index in [4.69, 9.17) is 27.9 Å². The molecule has 0 bridgehead atoms. The van der Waals surface area contributed by atoms with E-state index >= 15 is 0 Å². The molecule has 0 atom stereocenters. The van der Waals surface area contributed by atoms with Gasteiger partial charge in [-0.3, -0.25) is 0 Å². The zero-order valence-corrected chi connectivity index (χ0v) is 10.3. The van der Waals surface area contributed by atoms with Gasteiger partial charge in [0.2, 0.25) is 0 Å². The zero-order chi connectivity index (χ0) is 12.0. The van der Waals surface area contributed by atoms with Crippen LogP contribution in [0.25, 0.3) is 0 Å². The van der Waals surface area contributed by atoms with Crippen molar-refractivity contribution >= 4 is 23.2 Å². The van der Waals surface area contributed by atoms with Crippen molar-refractivity contribution in [3.63, 3.8) is 0 Å². The van der Waals surface area contributed by atoms with Gasteiger partial charge in [0.25, 0.3) is 0 Å². The fraction of sp³-hybridized carbons (Fsp3) is 0.273. The second-order valence-corrected chi connectivity index (χ2v) is 3.83. The highest BCUT2D eigenvalue weighted by Crippen LogP contribution is 2.20. The molecule has 1 aromatic carbocycles. The molecule has 0 spiro atoms. The third kappa shape index (κ3) is 4.00. The Labute approximate surface area is 104 Å². The number of halogens is 3. The molecule has 0 heterocycles. The average molecular weight is 264 g/mol. The Hall–Kier alpha value is -0.770. The van der Waals surface area contributed by atoms with E-state index in [0.717, 1.165) is 5.56 Å². The molecule has 0 aliphatic heterocycles. The summed E-state index contributed by atoms with van der Waals surface area (Å²) in [6, 6.07) is 4.33. The van der Waals surface area contributed by atoms with Gasteiger partial charge in [-0.25, -0.2) is 4.39 Å². The topological polar surface area (TPSA) is 21.3 Å². The summed E-state index contributed by atoms with van der Waals surface area (Å²) in [4.78, 5) is 0. The van der Waals surface area contributed by atoms with Gasteiger partial charge in [0, 0.05) is 17.6 Å². The van der Waals surface area contributed by atoms with Crippen LogP contribution in [0.1, 0.15) is 5.56 Å². The maximum atomic E-state index is 13.0. The van der Waals surface area contributed by atoms with Gasteiger partial charge in [-0.05, 0) is 25.2 Å². The molecule has 0 amide bonds. The summed E-state index contributed by atoms with van der Waals surface area (Å²) in [5.41, 5.74) is 1.98. The van der Waals surface area contributed by atoms with E-state index in [0.29, 0.717) is 17.3 Å². The van der Waals surface area contributed by atoms with E-state index in [-0.39, 0.29) is 12.4 Å². The first-order chi connectivity index (χ1) is 7.67. The van der Waals surface area contributed by atoms with Crippen molar-refractivity contribution in [3.05, 3.63) is 40.1 Å². The van der Waals surface area contributed by atoms with Crippen LogP contribution in [0.15, 0.2) is 28.8 Å². The van der Waals surface area contributed by atoms with Crippen LogP contribution in [0, 0.1) is 5.82 Å². The van der Waals surface area contributed by atoms with Crippen molar-refractivity contribution in [1.29, 1.82) is 0 Å². The smallest absolute Gasteiger partial charge is 0.125 e. The Morgan fingerprint density at radius 1 is 1.56 bits per heavy atom. The quantitative estimate of drug-likeness (QED) is 0.881. The third-order valence-corrected chi connectivity index (χ3v) is 2.47. The Bertz CT molecular complexity index is 382. The maximum absolute atomic E-state index is 13.0. The lowest BCUT2D eigenvalue weighted by molar-refractivity contribution is 0.353. The van der Waals surface area contributed by atoms with E-state index in [1.165, 1.54) is 17.7 Å². The molecule has 1 rings (SSSR count). The van der Waals surface area contributed by atoms with Gasteiger partial charge in [0.1, 0.15) is 18.2 Å². The fourth-order valence-corrected chi connectivity index (χ4v) is 1.31. The minimum atomic E-state index is -0.295. The lowest BCUT2D eigenvalue weighted by atomic mass is 10.2. The molecule has 0 saturated heterocycles. The molecule has 16 heavy (non-hydrogen) atoms. The van der Waals surface area contributed by atoms with E-state index in [9.17, 15) is 4.39 Å². The van der Waals surface area contributed by atoms with Gasteiger partial charge in [-0.15, -0.1) is 0 Å². The summed E-state index contributed by atoms with van der Waals surface area (Å²) in [5, 5.41) is 3.32. The van der Waals surface area contributed by atoms with Crippen molar-refractivity contribution < 1.29 is 9.13 Å². The highest BCUT2D eigenvalue weighted by Gasteiger charge is 2.05. The molecule has 0 aliphatic rings. The molecule has 0 unspecified atom stereocenters. The first-order valence-electron chi connectivity index (χ1n) is 4.68. The zero-order valence-electron chi connectivity index (χ0n) is 8.77. The van der Waals surface area contributed by atoms with E-state index in [1.807, 2.05) is 0 Å². The van der Waals surface area contributed by atoms with Crippen molar-refractivity contribution in [2.45, 2.75) is 6.54 Å². The summed E-state index contributed by atoms with van der Waals surface area (Å²) >= 11 is 11.1. The predicted molar refractivity (Wildman–Crippen MR) is 64.4 cm³/mol. The van der Waals surface area contributed by atoms with Crippen LogP contribution in [-0.2, 0) is 6.54 Å². The molecular formula is C11H12Cl2FNO. The van der Waals surface area contributed by atoms with Gasteiger partial charge in [0.15, 0.2) is 0 Å². The summed E-state index contributed by atoms with van der Waals surface area (Å²) in [6.45, 7) is 0.697. The molecule has 5 heteroatoms. The lowest BCUT2D eigenvalue weighted by Gasteiger charge is -2.10. The molecule has 0 saturated carbocycles. The van der Waals surface area contributed by atoms with E-state index in [1.54, 1.807) is 13.1 Å². The minimum absolute atomic E-state index is 0.174. The van der Waals surface area contributed by atoms with Gasteiger partial charge in [-0.2, -0.15) is 0 Å². The van der Waals surface area contributed by atoms with Crippen molar-refractivity contribution in [3.8, 4) is 5.75 Å². The van der Waals surface area contributed by atoms with Gasteiger partial charge in [-0.1, -0.05) is 23.2 Å². The average Bonchev–Trinajstić information content (AvgIpc) is 2.28.